The van der Waals surface area contributed by atoms with Crippen LogP contribution >= 0.6 is 11.6 Å². The van der Waals surface area contributed by atoms with E-state index in [1.54, 1.807) is 0 Å². The van der Waals surface area contributed by atoms with Crippen molar-refractivity contribution >= 4 is 23.3 Å². The molecule has 0 aromatic heterocycles. The third kappa shape index (κ3) is 1.80. The number of rotatable bonds is 1. The Morgan fingerprint density at radius 1 is 1.50 bits per heavy atom. The highest BCUT2D eigenvalue weighted by Gasteiger charge is 2.45. The molecule has 0 fully saturated rings. The monoisotopic (exact) mass is 254 g/mol. The molecule has 1 unspecified atom stereocenters. The molecule has 0 aliphatic carbocycles. The van der Waals surface area contributed by atoms with Crippen LogP contribution in [0.2, 0.25) is 0 Å². The van der Waals surface area contributed by atoms with Crippen LogP contribution in [0.25, 0.3) is 0 Å². The maximum absolute atomic E-state index is 12.3. The number of hydrogen-bond donors (Lipinski definition) is 2. The molecule has 5 nitrogen and oxygen atoms in total. The molecule has 0 aromatic rings. The lowest BCUT2D eigenvalue weighted by Gasteiger charge is -2.27. The van der Waals surface area contributed by atoms with E-state index in [2.05, 4.69) is 10.4 Å². The Morgan fingerprint density at radius 3 is 2.75 bits per heavy atom. The minimum absolute atomic E-state index is 0.0130. The number of fused-ring (bicyclic) bond motifs is 1. The van der Waals surface area contributed by atoms with Crippen molar-refractivity contribution in [1.82, 2.24) is 15.6 Å². The molecule has 2 aliphatic rings. The Hall–Kier alpha value is -1.44. The van der Waals surface area contributed by atoms with Gasteiger partial charge in [-0.25, -0.2) is 0 Å². The molecule has 2 aliphatic heterocycles. The summed E-state index contributed by atoms with van der Waals surface area (Å²) < 4.78 is 36.9. The average molecular weight is 255 g/mol. The lowest BCUT2D eigenvalue weighted by molar-refractivity contribution is -0.129. The summed E-state index contributed by atoms with van der Waals surface area (Å²) in [5.41, 5.74) is 0.346. The van der Waals surface area contributed by atoms with E-state index in [0.717, 1.165) is 6.08 Å². The number of hydrazone groups is 1. The van der Waals surface area contributed by atoms with Crippen molar-refractivity contribution in [1.29, 1.82) is 0 Å². The van der Waals surface area contributed by atoms with Crippen LogP contribution in [0.1, 0.15) is 0 Å². The molecule has 1 amide bonds. The number of halogens is 4. The van der Waals surface area contributed by atoms with Gasteiger partial charge in [0.1, 0.15) is 0 Å². The smallest absolute Gasteiger partial charge is 0.349 e. The first-order chi connectivity index (χ1) is 7.41. The van der Waals surface area contributed by atoms with E-state index in [1.807, 2.05) is 5.32 Å². The van der Waals surface area contributed by atoms with Crippen molar-refractivity contribution < 1.29 is 18.0 Å². The fourth-order valence-electron chi connectivity index (χ4n) is 1.31. The van der Waals surface area contributed by atoms with Crippen LogP contribution < -0.4 is 10.6 Å². The van der Waals surface area contributed by atoms with Gasteiger partial charge < -0.3 is 10.6 Å². The maximum atomic E-state index is 12.3. The number of amidine groups is 1. The summed E-state index contributed by atoms with van der Waals surface area (Å²) in [6.07, 6.45) is -4.53. The van der Waals surface area contributed by atoms with Crippen LogP contribution in [-0.4, -0.2) is 35.1 Å². The van der Waals surface area contributed by atoms with Gasteiger partial charge in [-0.15, -0.1) is 16.7 Å². The van der Waals surface area contributed by atoms with Crippen LogP contribution in [0, 0.1) is 0 Å². The first kappa shape index (κ1) is 11.1. The zero-order valence-electron chi connectivity index (χ0n) is 7.68. The van der Waals surface area contributed by atoms with E-state index in [9.17, 15) is 18.0 Å². The number of nitrogens with zero attached hydrogens (tertiary/aromatic N) is 2. The summed E-state index contributed by atoms with van der Waals surface area (Å²) >= 11 is 5.47. The minimum atomic E-state index is -4.61. The summed E-state index contributed by atoms with van der Waals surface area (Å²) in [6.45, 7) is 0. The molecule has 88 valence electrons. The summed E-state index contributed by atoms with van der Waals surface area (Å²) in [6, 6.07) is 0. The molecule has 16 heavy (non-hydrogen) atoms. The minimum Gasteiger partial charge on any atom is -0.349 e. The Morgan fingerprint density at radius 2 is 2.19 bits per heavy atom. The van der Waals surface area contributed by atoms with Crippen molar-refractivity contribution in [2.45, 2.75) is 12.5 Å². The van der Waals surface area contributed by atoms with Crippen molar-refractivity contribution in [3.63, 3.8) is 0 Å². The summed E-state index contributed by atoms with van der Waals surface area (Å²) in [5, 5.41) is 8.48. The van der Waals surface area contributed by atoms with Crippen molar-refractivity contribution in [2.75, 3.05) is 5.88 Å². The van der Waals surface area contributed by atoms with Gasteiger partial charge >= 0.3 is 6.18 Å². The predicted octanol–water partition coefficient (Wildman–Crippen LogP) is 0.303. The highest BCUT2D eigenvalue weighted by atomic mass is 35.5. The van der Waals surface area contributed by atoms with E-state index < -0.39 is 24.2 Å². The predicted molar refractivity (Wildman–Crippen MR) is 49.2 cm³/mol. The van der Waals surface area contributed by atoms with E-state index in [0.29, 0.717) is 10.7 Å². The van der Waals surface area contributed by atoms with Gasteiger partial charge in [0.05, 0.1) is 5.88 Å². The van der Waals surface area contributed by atoms with Crippen molar-refractivity contribution in [3.8, 4) is 0 Å². The normalized spacial score (nSPS) is 24.4. The van der Waals surface area contributed by atoms with Crippen LogP contribution in [0.5, 0.6) is 0 Å². The Bertz CT molecular complexity index is 392. The van der Waals surface area contributed by atoms with Crippen LogP contribution in [0.15, 0.2) is 16.9 Å². The average Bonchev–Trinajstić information content (AvgIpc) is 2.61. The molecule has 0 radical (unpaired) electrons. The topological polar surface area (TPSA) is 56.7 Å². The number of carbonyl (C=O) groups excluding carboxylic acids is 1. The van der Waals surface area contributed by atoms with Gasteiger partial charge in [-0.05, 0) is 0 Å². The highest BCUT2D eigenvalue weighted by Crippen LogP contribution is 2.22. The zero-order valence-corrected chi connectivity index (χ0v) is 8.43. The fourth-order valence-corrected chi connectivity index (χ4v) is 1.46. The quantitative estimate of drug-likeness (QED) is 0.662. The van der Waals surface area contributed by atoms with Gasteiger partial charge in [0.2, 0.25) is 12.1 Å². The van der Waals surface area contributed by atoms with Crippen LogP contribution in [-0.2, 0) is 4.79 Å². The zero-order chi connectivity index (χ0) is 11.9. The first-order valence-corrected chi connectivity index (χ1v) is 4.74. The molecular formula is C7H6ClF3N4O. The molecule has 0 saturated carbocycles. The van der Waals surface area contributed by atoms with Crippen LogP contribution in [0.4, 0.5) is 13.2 Å². The van der Waals surface area contributed by atoms with Gasteiger partial charge in [0.15, 0.2) is 0 Å². The molecule has 2 N–H and O–H groups in total. The second-order valence-electron chi connectivity index (χ2n) is 3.12. The highest BCUT2D eigenvalue weighted by molar-refractivity contribution is 6.19. The van der Waals surface area contributed by atoms with Crippen LogP contribution in [0.3, 0.4) is 0 Å². The molecule has 2 rings (SSSR count). The summed E-state index contributed by atoms with van der Waals surface area (Å²) in [5.74, 6) is -1.84. The van der Waals surface area contributed by atoms with Crippen molar-refractivity contribution in [2.24, 2.45) is 5.10 Å². The van der Waals surface area contributed by atoms with Gasteiger partial charge in [0, 0.05) is 11.8 Å². The maximum Gasteiger partial charge on any atom is 0.451 e. The van der Waals surface area contributed by atoms with Gasteiger partial charge in [0.25, 0.3) is 5.91 Å². The number of nitrogens with one attached hydrogen (secondary N) is 2. The molecule has 2 heterocycles. The molecule has 1 atom stereocenters. The Labute approximate surface area is 92.9 Å². The Balaban J connectivity index is 2.21. The largest absolute Gasteiger partial charge is 0.451 e. The fraction of sp³-hybridized carbons (Fsp3) is 0.429. The van der Waals surface area contributed by atoms with Gasteiger partial charge in [-0.1, -0.05) is 0 Å². The van der Waals surface area contributed by atoms with E-state index in [4.69, 9.17) is 11.6 Å². The Kier molecular flexibility index (Phi) is 2.45. The number of carbonyl (C=O) groups is 1. The molecular weight excluding hydrogens is 249 g/mol. The first-order valence-electron chi connectivity index (χ1n) is 4.20. The standard InChI is InChI=1S/C7H6ClF3N4O/c8-2-3-1-4(16)15-6(12-3)13-5(14-15)7(9,10)11/h1,6,12H,2H2,(H,13,14). The number of allylic oxidation sites excluding steroid dienone is 1. The number of hydrogen-bond acceptors (Lipinski definition) is 4. The lowest BCUT2D eigenvalue weighted by Crippen LogP contribution is -2.54. The summed E-state index contributed by atoms with van der Waals surface area (Å²) in [7, 11) is 0. The van der Waals surface area contributed by atoms with Gasteiger partial charge in [-0.2, -0.15) is 18.2 Å². The van der Waals surface area contributed by atoms with Crippen molar-refractivity contribution in [3.05, 3.63) is 11.8 Å². The molecule has 0 aromatic carbocycles. The van der Waals surface area contributed by atoms with E-state index >= 15 is 0 Å². The third-order valence-electron chi connectivity index (χ3n) is 1.98. The number of amides is 1. The second kappa shape index (κ2) is 3.55. The summed E-state index contributed by atoms with van der Waals surface area (Å²) in [4.78, 5) is 11.4. The SMILES string of the molecule is O=C1C=C(CCl)NC2NC(C(F)(F)F)=NN12. The molecule has 0 spiro atoms. The van der Waals surface area contributed by atoms with Gasteiger partial charge in [-0.3, -0.25) is 4.79 Å². The van der Waals surface area contributed by atoms with E-state index in [-0.39, 0.29) is 5.88 Å². The molecule has 0 saturated heterocycles. The molecule has 9 heteroatoms. The third-order valence-corrected chi connectivity index (χ3v) is 2.27. The lowest BCUT2D eigenvalue weighted by atomic mass is 10.3. The molecule has 0 bridgehead atoms. The number of alkyl halides is 4. The second-order valence-corrected chi connectivity index (χ2v) is 3.39. The van der Waals surface area contributed by atoms with E-state index in [1.165, 1.54) is 0 Å².